The third kappa shape index (κ3) is 4.09. The minimum atomic E-state index is -0.441. The Balaban J connectivity index is 2.33. The van der Waals surface area contributed by atoms with Crippen molar-refractivity contribution in [2.45, 2.75) is 26.0 Å². The fourth-order valence-electron chi connectivity index (χ4n) is 1.23. The van der Waals surface area contributed by atoms with Crippen LogP contribution in [0.25, 0.3) is 0 Å². The van der Waals surface area contributed by atoms with E-state index < -0.39 is 6.10 Å². The summed E-state index contributed by atoms with van der Waals surface area (Å²) in [5, 5.41) is 3.80. The van der Waals surface area contributed by atoms with Crippen molar-refractivity contribution in [2.24, 2.45) is 5.92 Å². The third-order valence-corrected chi connectivity index (χ3v) is 3.60. The molecule has 1 N–H and O–H groups in total. The van der Waals surface area contributed by atoms with Gasteiger partial charge in [-0.15, -0.1) is 0 Å². The lowest BCUT2D eigenvalue weighted by atomic mass is 10.1. The second-order valence-electron chi connectivity index (χ2n) is 3.86. The number of hydrogen-bond donors (Lipinski definition) is 1. The van der Waals surface area contributed by atoms with Gasteiger partial charge in [0.2, 0.25) is 0 Å². The zero-order valence-electron chi connectivity index (χ0n) is 9.16. The Morgan fingerprint density at radius 2 is 2.27 bits per heavy atom. The molecule has 1 aliphatic rings. The molecule has 1 amide bonds. The molecule has 0 aromatic heterocycles. The molecule has 3 atom stereocenters. The molecule has 4 nitrogen and oxygen atoms in total. The zero-order chi connectivity index (χ0) is 11.3. The molecular weight excluding hydrogens is 262 g/mol. The van der Waals surface area contributed by atoms with Crippen LogP contribution in [0.5, 0.6) is 0 Å². The van der Waals surface area contributed by atoms with E-state index in [0.29, 0.717) is 25.7 Å². The second-order valence-corrected chi connectivity index (χ2v) is 4.51. The van der Waals surface area contributed by atoms with Crippen LogP contribution in [0.1, 0.15) is 13.8 Å². The van der Waals surface area contributed by atoms with Crippen LogP contribution in [-0.4, -0.2) is 43.2 Å². The van der Waals surface area contributed by atoms with Gasteiger partial charge in [0.05, 0.1) is 19.8 Å². The van der Waals surface area contributed by atoms with Crippen molar-refractivity contribution >= 4 is 21.8 Å². The van der Waals surface area contributed by atoms with Crippen LogP contribution < -0.4 is 5.32 Å². The Labute approximate surface area is 98.8 Å². The minimum absolute atomic E-state index is 0.0741. The molecule has 1 rings (SSSR count). The predicted octanol–water partition coefficient (Wildman–Crippen LogP) is 0.937. The van der Waals surface area contributed by atoms with Crippen LogP contribution >= 0.6 is 15.9 Å². The maximum atomic E-state index is 11.7. The largest absolute Gasteiger partial charge is 0.376 e. The molecule has 1 aliphatic heterocycles. The average Bonchev–Trinajstić information content (AvgIpc) is 2.29. The summed E-state index contributed by atoms with van der Waals surface area (Å²) in [6.45, 7) is 5.52. The van der Waals surface area contributed by atoms with Crippen LogP contribution in [0, 0.1) is 5.92 Å². The number of carbonyl (C=O) groups is 1. The first kappa shape index (κ1) is 12.9. The zero-order valence-corrected chi connectivity index (χ0v) is 10.7. The number of hydrogen-bond acceptors (Lipinski definition) is 3. The molecule has 0 spiro atoms. The number of amides is 1. The molecule has 0 saturated carbocycles. The summed E-state index contributed by atoms with van der Waals surface area (Å²) in [6.07, 6.45) is -0.441. The second kappa shape index (κ2) is 6.45. The Hall–Kier alpha value is -0.130. The monoisotopic (exact) mass is 279 g/mol. The fourth-order valence-corrected chi connectivity index (χ4v) is 1.79. The average molecular weight is 280 g/mol. The summed E-state index contributed by atoms with van der Waals surface area (Å²) in [5.41, 5.74) is 0. The number of nitrogens with one attached hydrogen (secondary N) is 1. The highest BCUT2D eigenvalue weighted by atomic mass is 79.9. The normalized spacial score (nSPS) is 25.7. The first-order valence-electron chi connectivity index (χ1n) is 5.20. The van der Waals surface area contributed by atoms with Crippen molar-refractivity contribution in [3.8, 4) is 0 Å². The lowest BCUT2D eigenvalue weighted by Crippen LogP contribution is -2.47. The Morgan fingerprint density at radius 3 is 2.80 bits per heavy atom. The van der Waals surface area contributed by atoms with Gasteiger partial charge in [-0.05, 0) is 12.8 Å². The van der Waals surface area contributed by atoms with Crippen LogP contribution in [0.15, 0.2) is 0 Å². The SMILES string of the molecule is CC(CBr)C(C)NC(=O)C1COCCO1. The van der Waals surface area contributed by atoms with E-state index in [1.54, 1.807) is 0 Å². The number of halogens is 1. The van der Waals surface area contributed by atoms with Gasteiger partial charge in [-0.3, -0.25) is 4.79 Å². The lowest BCUT2D eigenvalue weighted by molar-refractivity contribution is -0.148. The fraction of sp³-hybridized carbons (Fsp3) is 0.900. The van der Waals surface area contributed by atoms with Gasteiger partial charge >= 0.3 is 0 Å². The molecule has 0 aromatic rings. The van der Waals surface area contributed by atoms with Crippen LogP contribution in [-0.2, 0) is 14.3 Å². The van der Waals surface area contributed by atoms with Crippen LogP contribution in [0.4, 0.5) is 0 Å². The number of rotatable bonds is 4. The molecule has 0 radical (unpaired) electrons. The summed E-state index contributed by atoms with van der Waals surface area (Å²) < 4.78 is 10.5. The van der Waals surface area contributed by atoms with Gasteiger partial charge in [0, 0.05) is 11.4 Å². The van der Waals surface area contributed by atoms with Crippen LogP contribution in [0.2, 0.25) is 0 Å². The molecule has 1 fully saturated rings. The van der Waals surface area contributed by atoms with Gasteiger partial charge in [0.1, 0.15) is 0 Å². The molecule has 5 heteroatoms. The van der Waals surface area contributed by atoms with Crippen molar-refractivity contribution in [2.75, 3.05) is 25.2 Å². The summed E-state index contributed by atoms with van der Waals surface area (Å²) in [7, 11) is 0. The van der Waals surface area contributed by atoms with Crippen molar-refractivity contribution in [1.82, 2.24) is 5.32 Å². The number of ether oxygens (including phenoxy) is 2. The summed E-state index contributed by atoms with van der Waals surface area (Å²) in [4.78, 5) is 11.7. The van der Waals surface area contributed by atoms with Crippen molar-refractivity contribution in [3.63, 3.8) is 0 Å². The van der Waals surface area contributed by atoms with E-state index in [4.69, 9.17) is 9.47 Å². The van der Waals surface area contributed by atoms with E-state index >= 15 is 0 Å². The third-order valence-electron chi connectivity index (χ3n) is 2.58. The maximum Gasteiger partial charge on any atom is 0.251 e. The molecule has 1 heterocycles. The molecule has 0 aromatic carbocycles. The van der Waals surface area contributed by atoms with Crippen molar-refractivity contribution < 1.29 is 14.3 Å². The van der Waals surface area contributed by atoms with E-state index in [1.165, 1.54) is 0 Å². The highest BCUT2D eigenvalue weighted by Gasteiger charge is 2.24. The predicted molar refractivity (Wildman–Crippen MR) is 61.1 cm³/mol. The highest BCUT2D eigenvalue weighted by molar-refractivity contribution is 9.09. The number of alkyl halides is 1. The lowest BCUT2D eigenvalue weighted by Gasteiger charge is -2.25. The van der Waals surface area contributed by atoms with Gasteiger partial charge in [-0.25, -0.2) is 0 Å². The van der Waals surface area contributed by atoms with E-state index in [0.717, 1.165) is 5.33 Å². The molecule has 88 valence electrons. The minimum Gasteiger partial charge on any atom is -0.376 e. The van der Waals surface area contributed by atoms with Gasteiger partial charge in [-0.1, -0.05) is 22.9 Å². The van der Waals surface area contributed by atoms with E-state index in [1.807, 2.05) is 6.92 Å². The molecule has 0 aliphatic carbocycles. The van der Waals surface area contributed by atoms with Gasteiger partial charge in [-0.2, -0.15) is 0 Å². The summed E-state index contributed by atoms with van der Waals surface area (Å²) >= 11 is 3.39. The van der Waals surface area contributed by atoms with Gasteiger partial charge in [0.25, 0.3) is 5.91 Å². The van der Waals surface area contributed by atoms with Crippen molar-refractivity contribution in [1.29, 1.82) is 0 Å². The quantitative estimate of drug-likeness (QED) is 0.780. The topological polar surface area (TPSA) is 47.6 Å². The van der Waals surface area contributed by atoms with E-state index in [9.17, 15) is 4.79 Å². The Kier molecular flexibility index (Phi) is 5.56. The van der Waals surface area contributed by atoms with Crippen molar-refractivity contribution in [3.05, 3.63) is 0 Å². The molecule has 1 saturated heterocycles. The summed E-state index contributed by atoms with van der Waals surface area (Å²) in [6, 6.07) is 0.141. The number of carbonyl (C=O) groups excluding carboxylic acids is 1. The summed E-state index contributed by atoms with van der Waals surface area (Å²) in [5.74, 6) is 0.327. The smallest absolute Gasteiger partial charge is 0.251 e. The molecule has 3 unspecified atom stereocenters. The van der Waals surface area contributed by atoms with E-state index in [2.05, 4.69) is 28.2 Å². The Bertz CT molecular complexity index is 207. The molecule has 15 heavy (non-hydrogen) atoms. The molecular formula is C10H18BrNO3. The Morgan fingerprint density at radius 1 is 1.53 bits per heavy atom. The van der Waals surface area contributed by atoms with Crippen LogP contribution in [0.3, 0.4) is 0 Å². The first-order chi connectivity index (χ1) is 7.15. The first-order valence-corrected chi connectivity index (χ1v) is 6.33. The standard InChI is InChI=1S/C10H18BrNO3/c1-7(5-11)8(2)12-10(13)9-6-14-3-4-15-9/h7-9H,3-6H2,1-2H3,(H,12,13). The highest BCUT2D eigenvalue weighted by Crippen LogP contribution is 2.07. The van der Waals surface area contributed by atoms with Gasteiger partial charge < -0.3 is 14.8 Å². The van der Waals surface area contributed by atoms with Gasteiger partial charge in [0.15, 0.2) is 6.10 Å². The molecule has 0 bridgehead atoms. The maximum absolute atomic E-state index is 11.7. The van der Waals surface area contributed by atoms with E-state index in [-0.39, 0.29) is 11.9 Å².